The minimum absolute atomic E-state index is 0. The number of ketones is 1. The number of carbonyl (C=O) groups excluding carboxylic acids is 1. The number of aliphatic hydroxyl groups excluding tert-OH is 1. The topological polar surface area (TPSA) is 72.3 Å². The number of benzene rings is 1. The van der Waals surface area contributed by atoms with E-state index in [9.17, 15) is 9.90 Å². The molecule has 179 valence electrons. The van der Waals surface area contributed by atoms with Gasteiger partial charge in [-0.3, -0.25) is 21.1 Å². The molecule has 4 rings (SSSR count). The number of aliphatic hydroxyl groups is 1. The zero-order chi connectivity index (χ0) is 23.8. The summed E-state index contributed by atoms with van der Waals surface area (Å²) in [6.07, 6.45) is 2.94. The number of thiophene rings is 1. The zero-order valence-corrected chi connectivity index (χ0v) is 23.6. The summed E-state index contributed by atoms with van der Waals surface area (Å²) in [6, 6.07) is 4.14. The quantitative estimate of drug-likeness (QED) is 0.139. The maximum Gasteiger partial charge on any atom is 0.164 e. The van der Waals surface area contributed by atoms with Gasteiger partial charge >= 0.3 is 0 Å². The van der Waals surface area contributed by atoms with Gasteiger partial charge in [-0.25, -0.2) is 4.98 Å². The molecule has 0 atom stereocenters. The average molecular weight is 644 g/mol. The molecule has 1 N–H and O–H groups in total. The van der Waals surface area contributed by atoms with Gasteiger partial charge in [-0.1, -0.05) is 77.8 Å². The van der Waals surface area contributed by atoms with Crippen molar-refractivity contribution < 1.29 is 34.7 Å². The first-order valence-electron chi connectivity index (χ1n) is 10.7. The number of ether oxygens (including phenoxy) is 1. The zero-order valence-electron chi connectivity index (χ0n) is 20.4. The molecule has 0 fully saturated rings. The van der Waals surface area contributed by atoms with E-state index in [0.29, 0.717) is 5.92 Å². The van der Waals surface area contributed by atoms with Crippen LogP contribution in [-0.4, -0.2) is 20.9 Å². The SMILES string of the molecule is CC(C)(C)C(=O)/C=C(\O)C(C)(C)C.CC(C)c1ccc2ncnc3c2c1Oc1cs[c-]c1-3.[Ir]. The molecule has 1 aromatic carbocycles. The summed E-state index contributed by atoms with van der Waals surface area (Å²) in [4.78, 5) is 20.3. The fourth-order valence-electron chi connectivity index (χ4n) is 3.05. The molecular weight excluding hydrogens is 613 g/mol. The van der Waals surface area contributed by atoms with Crippen molar-refractivity contribution in [2.75, 3.05) is 0 Å². The summed E-state index contributed by atoms with van der Waals surface area (Å²) in [5.74, 6) is 2.26. The van der Waals surface area contributed by atoms with E-state index in [2.05, 4.69) is 35.3 Å². The van der Waals surface area contributed by atoms with Crippen molar-refractivity contribution in [2.45, 2.75) is 61.3 Å². The maximum absolute atomic E-state index is 11.5. The Morgan fingerprint density at radius 2 is 1.79 bits per heavy atom. The number of hydrogen-bond acceptors (Lipinski definition) is 6. The van der Waals surface area contributed by atoms with Crippen LogP contribution in [0.25, 0.3) is 22.2 Å². The minimum atomic E-state index is -0.417. The number of carbonyl (C=O) groups is 1. The molecule has 3 heterocycles. The van der Waals surface area contributed by atoms with E-state index in [4.69, 9.17) is 4.74 Å². The van der Waals surface area contributed by atoms with E-state index in [0.717, 1.165) is 33.7 Å². The monoisotopic (exact) mass is 644 g/mol. The van der Waals surface area contributed by atoms with Crippen molar-refractivity contribution in [3.63, 3.8) is 0 Å². The summed E-state index contributed by atoms with van der Waals surface area (Å²) in [6.45, 7) is 15.4. The Kier molecular flexibility index (Phi) is 8.27. The molecule has 0 saturated heterocycles. The number of nitrogens with zero attached hydrogens (tertiary/aromatic N) is 2. The minimum Gasteiger partial charge on any atom is -0.512 e. The van der Waals surface area contributed by atoms with Crippen molar-refractivity contribution in [1.29, 1.82) is 0 Å². The second kappa shape index (κ2) is 10.0. The van der Waals surface area contributed by atoms with E-state index in [1.165, 1.54) is 23.0 Å². The predicted octanol–water partition coefficient (Wildman–Crippen LogP) is 7.47. The largest absolute Gasteiger partial charge is 0.512 e. The molecule has 5 nitrogen and oxygen atoms in total. The van der Waals surface area contributed by atoms with Gasteiger partial charge in [-0.2, -0.15) is 0 Å². The molecule has 2 aromatic heterocycles. The molecule has 0 saturated carbocycles. The van der Waals surface area contributed by atoms with Crippen molar-refractivity contribution in [2.24, 2.45) is 10.8 Å². The Bertz CT molecular complexity index is 1180. The Morgan fingerprint density at radius 1 is 1.12 bits per heavy atom. The second-order valence-corrected chi connectivity index (χ2v) is 11.0. The molecule has 0 unspecified atom stereocenters. The summed E-state index contributed by atoms with van der Waals surface area (Å²) in [5, 5.41) is 15.8. The molecule has 7 heteroatoms. The van der Waals surface area contributed by atoms with Gasteiger partial charge in [0, 0.05) is 53.8 Å². The van der Waals surface area contributed by atoms with Crippen LogP contribution in [0.2, 0.25) is 0 Å². The predicted molar refractivity (Wildman–Crippen MR) is 130 cm³/mol. The fourth-order valence-corrected chi connectivity index (χ4v) is 3.70. The van der Waals surface area contributed by atoms with Crippen LogP contribution in [0, 0.1) is 16.2 Å². The number of allylic oxidation sites excluding steroid dienone is 2. The van der Waals surface area contributed by atoms with Gasteiger partial charge < -0.3 is 9.84 Å². The van der Waals surface area contributed by atoms with Gasteiger partial charge in [0.1, 0.15) is 17.8 Å². The van der Waals surface area contributed by atoms with Crippen molar-refractivity contribution in [3.05, 3.63) is 46.6 Å². The molecule has 3 aromatic rings. The van der Waals surface area contributed by atoms with E-state index >= 15 is 0 Å². The van der Waals surface area contributed by atoms with E-state index < -0.39 is 5.41 Å². The maximum atomic E-state index is 11.5. The van der Waals surface area contributed by atoms with Crippen LogP contribution in [0.1, 0.15) is 66.9 Å². The standard InChI is InChI=1S/C15H11N2OS.C11H20O2.Ir/c1-8(2)9-3-4-11-13-14(17-7-16-11)10-5-19-6-12(10)18-15(9)13;1-10(2,3)8(12)7-9(13)11(4,5)6;/h3-4,6-8H,1-2H3;7,12H,1-6H3;/q-1;;/b;8-7-;. The molecule has 1 radical (unpaired) electrons. The van der Waals surface area contributed by atoms with Gasteiger partial charge in [0.15, 0.2) is 5.78 Å². The van der Waals surface area contributed by atoms with Gasteiger partial charge in [0.2, 0.25) is 0 Å². The van der Waals surface area contributed by atoms with Crippen molar-refractivity contribution >= 4 is 28.0 Å². The third-order valence-electron chi connectivity index (χ3n) is 5.21. The normalized spacial score (nSPS) is 12.9. The molecule has 1 aliphatic heterocycles. The number of aromatic nitrogens is 2. The summed E-state index contributed by atoms with van der Waals surface area (Å²) < 4.78 is 6.08. The Labute approximate surface area is 213 Å². The molecule has 33 heavy (non-hydrogen) atoms. The fraction of sp³-hybridized carbons (Fsp3) is 0.423. The smallest absolute Gasteiger partial charge is 0.164 e. The van der Waals surface area contributed by atoms with Crippen LogP contribution in [0.3, 0.4) is 0 Å². The Balaban J connectivity index is 0.000000246. The van der Waals surface area contributed by atoms with Gasteiger partial charge in [0.25, 0.3) is 0 Å². The summed E-state index contributed by atoms with van der Waals surface area (Å²) >= 11 is 1.51. The van der Waals surface area contributed by atoms with Crippen LogP contribution in [0.15, 0.2) is 35.7 Å². The van der Waals surface area contributed by atoms with Gasteiger partial charge in [-0.15, -0.1) is 0 Å². The van der Waals surface area contributed by atoms with E-state index in [-0.39, 0.29) is 37.1 Å². The van der Waals surface area contributed by atoms with E-state index in [1.54, 1.807) is 6.33 Å². The van der Waals surface area contributed by atoms with Crippen LogP contribution in [0.4, 0.5) is 0 Å². The van der Waals surface area contributed by atoms with E-state index in [1.807, 2.05) is 53.0 Å². The summed E-state index contributed by atoms with van der Waals surface area (Å²) in [5.41, 5.74) is 3.24. The van der Waals surface area contributed by atoms with Crippen molar-refractivity contribution in [3.8, 4) is 22.8 Å². The van der Waals surface area contributed by atoms with Crippen LogP contribution >= 0.6 is 11.3 Å². The molecular formula is C26H31IrN2O3S-. The second-order valence-electron chi connectivity index (χ2n) is 10.3. The van der Waals surface area contributed by atoms with Crippen LogP contribution in [-0.2, 0) is 24.9 Å². The first kappa shape index (κ1) is 27.2. The third-order valence-corrected chi connectivity index (χ3v) is 5.86. The molecule has 0 aliphatic carbocycles. The number of fused-ring (bicyclic) bond motifs is 2. The average Bonchev–Trinajstić information content (AvgIpc) is 3.16. The number of rotatable bonds is 2. The molecule has 0 spiro atoms. The summed E-state index contributed by atoms with van der Waals surface area (Å²) in [7, 11) is 0. The Morgan fingerprint density at radius 3 is 2.36 bits per heavy atom. The molecule has 0 bridgehead atoms. The third kappa shape index (κ3) is 5.89. The first-order chi connectivity index (χ1) is 14.8. The van der Waals surface area contributed by atoms with Crippen molar-refractivity contribution in [1.82, 2.24) is 9.97 Å². The Hall–Kier alpha value is -2.08. The molecule has 0 amide bonds. The van der Waals surface area contributed by atoms with Crippen LogP contribution in [0.5, 0.6) is 11.5 Å². The van der Waals surface area contributed by atoms with Crippen LogP contribution < -0.4 is 4.74 Å². The molecule has 1 aliphatic rings. The van der Waals surface area contributed by atoms with Gasteiger partial charge in [0.05, 0.1) is 5.52 Å². The first-order valence-corrected chi connectivity index (χ1v) is 11.6. The van der Waals surface area contributed by atoms with Gasteiger partial charge in [-0.05, 0) is 17.5 Å². The number of hydrogen-bond donors (Lipinski definition) is 1.